The van der Waals surface area contributed by atoms with Crippen LogP contribution in [0.15, 0.2) is 12.1 Å². The lowest BCUT2D eigenvalue weighted by Crippen LogP contribution is -2.41. The molecule has 1 aliphatic rings. The number of hydrogen-bond acceptors (Lipinski definition) is 3. The van der Waals surface area contributed by atoms with Gasteiger partial charge in [-0.25, -0.2) is 0 Å². The Labute approximate surface area is 123 Å². The van der Waals surface area contributed by atoms with Crippen LogP contribution >= 0.6 is 0 Å². The molecule has 0 saturated carbocycles. The van der Waals surface area contributed by atoms with Gasteiger partial charge in [-0.1, -0.05) is 6.07 Å². The summed E-state index contributed by atoms with van der Waals surface area (Å²) in [5, 5.41) is 3.70. The van der Waals surface area contributed by atoms with Crippen molar-refractivity contribution >= 4 is 0 Å². The molecule has 1 heterocycles. The van der Waals surface area contributed by atoms with E-state index in [2.05, 4.69) is 64.1 Å². The number of ether oxygens (including phenoxy) is 1. The van der Waals surface area contributed by atoms with E-state index >= 15 is 0 Å². The highest BCUT2D eigenvalue weighted by Gasteiger charge is 2.34. The first-order chi connectivity index (χ1) is 9.28. The first-order valence-corrected chi connectivity index (χ1v) is 7.47. The minimum Gasteiger partial charge on any atom is -0.487 e. The second kappa shape index (κ2) is 5.74. The summed E-state index contributed by atoms with van der Waals surface area (Å²) in [7, 11) is 4.22. The normalized spacial score (nSPS) is 20.6. The smallest absolute Gasteiger partial charge is 0.125 e. The summed E-state index contributed by atoms with van der Waals surface area (Å²) in [4.78, 5) is 2.21. The molecule has 0 aromatic heterocycles. The molecule has 1 aliphatic heterocycles. The summed E-state index contributed by atoms with van der Waals surface area (Å²) in [6.07, 6.45) is 1.01. The van der Waals surface area contributed by atoms with Gasteiger partial charge in [-0.3, -0.25) is 0 Å². The van der Waals surface area contributed by atoms with Gasteiger partial charge in [0.05, 0.1) is 0 Å². The predicted octanol–water partition coefficient (Wildman–Crippen LogP) is 3.06. The van der Waals surface area contributed by atoms with Gasteiger partial charge in [0.1, 0.15) is 11.4 Å². The Hall–Kier alpha value is -1.06. The molecule has 0 bridgehead atoms. The molecule has 1 unspecified atom stereocenters. The maximum Gasteiger partial charge on any atom is 0.125 e. The van der Waals surface area contributed by atoms with Gasteiger partial charge < -0.3 is 15.0 Å². The maximum absolute atomic E-state index is 6.19. The van der Waals surface area contributed by atoms with E-state index in [4.69, 9.17) is 4.74 Å². The topological polar surface area (TPSA) is 24.5 Å². The fourth-order valence-electron chi connectivity index (χ4n) is 3.04. The molecule has 0 saturated heterocycles. The molecule has 3 nitrogen and oxygen atoms in total. The zero-order chi connectivity index (χ0) is 14.9. The minimum atomic E-state index is -0.108. The Morgan fingerprint density at radius 2 is 2.00 bits per heavy atom. The second-order valence-corrected chi connectivity index (χ2v) is 6.87. The Morgan fingerprint density at radius 3 is 2.65 bits per heavy atom. The molecule has 3 heteroatoms. The van der Waals surface area contributed by atoms with Gasteiger partial charge in [-0.15, -0.1) is 0 Å². The summed E-state index contributed by atoms with van der Waals surface area (Å²) in [6, 6.07) is 4.81. The maximum atomic E-state index is 6.19. The van der Waals surface area contributed by atoms with Crippen LogP contribution in [0.2, 0.25) is 0 Å². The minimum absolute atomic E-state index is 0.108. The van der Waals surface area contributed by atoms with E-state index in [1.807, 2.05) is 0 Å². The predicted molar refractivity (Wildman–Crippen MR) is 84.5 cm³/mol. The first kappa shape index (κ1) is 15.3. The van der Waals surface area contributed by atoms with Crippen LogP contribution in [0, 0.1) is 13.8 Å². The van der Waals surface area contributed by atoms with Crippen molar-refractivity contribution in [1.29, 1.82) is 0 Å². The quantitative estimate of drug-likeness (QED) is 0.914. The van der Waals surface area contributed by atoms with Crippen molar-refractivity contribution in [2.75, 3.05) is 27.2 Å². The molecule has 0 fully saturated rings. The lowest BCUT2D eigenvalue weighted by Gasteiger charge is -2.39. The van der Waals surface area contributed by atoms with E-state index in [9.17, 15) is 0 Å². The molecule has 1 atom stereocenters. The Morgan fingerprint density at radius 1 is 1.30 bits per heavy atom. The van der Waals surface area contributed by atoms with Gasteiger partial charge in [0, 0.05) is 31.1 Å². The van der Waals surface area contributed by atoms with Crippen LogP contribution in [0.5, 0.6) is 5.75 Å². The number of rotatable bonds is 4. The number of nitrogens with one attached hydrogen (secondary N) is 1. The van der Waals surface area contributed by atoms with Crippen molar-refractivity contribution in [3.05, 3.63) is 28.8 Å². The average Bonchev–Trinajstić information content (AvgIpc) is 2.24. The van der Waals surface area contributed by atoms with E-state index in [0.717, 1.165) is 25.3 Å². The van der Waals surface area contributed by atoms with Gasteiger partial charge in [-0.05, 0) is 59.0 Å². The standard InChI is InChI=1S/C17H28N2O/c1-12-9-13(2)16-14(18-7-8-19(5)6)11-17(3,4)20-15(16)10-12/h9-10,14,18H,7-8,11H2,1-6H3. The van der Waals surface area contributed by atoms with Crippen LogP contribution in [0.3, 0.4) is 0 Å². The Balaban J connectivity index is 2.25. The van der Waals surface area contributed by atoms with Crippen LogP contribution in [0.25, 0.3) is 0 Å². The van der Waals surface area contributed by atoms with Crippen LogP contribution in [0.4, 0.5) is 0 Å². The van der Waals surface area contributed by atoms with Crippen LogP contribution in [0.1, 0.15) is 43.0 Å². The summed E-state index contributed by atoms with van der Waals surface area (Å²) in [6.45, 7) is 10.7. The zero-order valence-electron chi connectivity index (χ0n) is 13.7. The van der Waals surface area contributed by atoms with Crippen molar-refractivity contribution in [3.63, 3.8) is 0 Å². The fourth-order valence-corrected chi connectivity index (χ4v) is 3.04. The zero-order valence-corrected chi connectivity index (χ0v) is 13.7. The summed E-state index contributed by atoms with van der Waals surface area (Å²) >= 11 is 0. The molecule has 1 N–H and O–H groups in total. The monoisotopic (exact) mass is 276 g/mol. The first-order valence-electron chi connectivity index (χ1n) is 7.47. The van der Waals surface area contributed by atoms with Crippen molar-refractivity contribution in [1.82, 2.24) is 10.2 Å². The summed E-state index contributed by atoms with van der Waals surface area (Å²) < 4.78 is 6.19. The van der Waals surface area contributed by atoms with Gasteiger partial charge in [0.15, 0.2) is 0 Å². The van der Waals surface area contributed by atoms with Crippen molar-refractivity contribution < 1.29 is 4.74 Å². The summed E-state index contributed by atoms with van der Waals surface area (Å²) in [5.41, 5.74) is 3.83. The molecule has 0 radical (unpaired) electrons. The van der Waals surface area contributed by atoms with E-state index in [1.54, 1.807) is 0 Å². The molecule has 1 aromatic carbocycles. The third-order valence-electron chi connectivity index (χ3n) is 3.87. The van der Waals surface area contributed by atoms with E-state index < -0.39 is 0 Å². The number of benzene rings is 1. The van der Waals surface area contributed by atoms with Gasteiger partial charge in [-0.2, -0.15) is 0 Å². The molecule has 20 heavy (non-hydrogen) atoms. The van der Waals surface area contributed by atoms with E-state index in [1.165, 1.54) is 16.7 Å². The number of hydrogen-bond donors (Lipinski definition) is 1. The SMILES string of the molecule is Cc1cc(C)c2c(c1)OC(C)(C)CC2NCCN(C)C. The average molecular weight is 276 g/mol. The molecule has 112 valence electrons. The molecule has 1 aromatic rings. The lowest BCUT2D eigenvalue weighted by atomic mass is 9.86. The largest absolute Gasteiger partial charge is 0.487 e. The number of fused-ring (bicyclic) bond motifs is 1. The highest BCUT2D eigenvalue weighted by atomic mass is 16.5. The molecule has 2 rings (SSSR count). The van der Waals surface area contributed by atoms with Gasteiger partial charge in [0.25, 0.3) is 0 Å². The van der Waals surface area contributed by atoms with Crippen LogP contribution < -0.4 is 10.1 Å². The van der Waals surface area contributed by atoms with Crippen molar-refractivity contribution in [2.24, 2.45) is 0 Å². The second-order valence-electron chi connectivity index (χ2n) is 6.87. The summed E-state index contributed by atoms with van der Waals surface area (Å²) in [5.74, 6) is 1.06. The molecular weight excluding hydrogens is 248 g/mol. The Bertz CT molecular complexity index is 480. The fraction of sp³-hybridized carbons (Fsp3) is 0.647. The van der Waals surface area contributed by atoms with Gasteiger partial charge >= 0.3 is 0 Å². The van der Waals surface area contributed by atoms with Gasteiger partial charge in [0.2, 0.25) is 0 Å². The molecular formula is C17H28N2O. The highest BCUT2D eigenvalue weighted by molar-refractivity contribution is 5.47. The number of nitrogens with zero attached hydrogens (tertiary/aromatic N) is 1. The van der Waals surface area contributed by atoms with Crippen molar-refractivity contribution in [3.8, 4) is 5.75 Å². The molecule has 0 spiro atoms. The third-order valence-corrected chi connectivity index (χ3v) is 3.87. The van der Waals surface area contributed by atoms with Crippen LogP contribution in [-0.2, 0) is 0 Å². The van der Waals surface area contributed by atoms with Crippen molar-refractivity contribution in [2.45, 2.75) is 45.8 Å². The van der Waals surface area contributed by atoms with Crippen LogP contribution in [-0.4, -0.2) is 37.7 Å². The van der Waals surface area contributed by atoms with E-state index in [-0.39, 0.29) is 5.60 Å². The Kier molecular flexibility index (Phi) is 4.40. The number of likely N-dealkylation sites (N-methyl/N-ethyl adjacent to an activating group) is 1. The number of aryl methyl sites for hydroxylation is 2. The molecule has 0 aliphatic carbocycles. The lowest BCUT2D eigenvalue weighted by molar-refractivity contribution is 0.0654. The van der Waals surface area contributed by atoms with E-state index in [0.29, 0.717) is 6.04 Å². The highest BCUT2D eigenvalue weighted by Crippen LogP contribution is 2.41. The third kappa shape index (κ3) is 3.53. The molecule has 0 amide bonds.